The minimum Gasteiger partial charge on any atom is -0.352 e. The summed E-state index contributed by atoms with van der Waals surface area (Å²) in [6, 6.07) is 3.50. The molecule has 1 aromatic heterocycles. The van der Waals surface area contributed by atoms with Crippen molar-refractivity contribution in [1.29, 1.82) is 0 Å². The van der Waals surface area contributed by atoms with Crippen molar-refractivity contribution in [3.8, 4) is 0 Å². The number of hydrogen-bond donors (Lipinski definition) is 2. The Kier molecular flexibility index (Phi) is 5.29. The number of aromatic nitrogens is 3. The second-order valence-electron chi connectivity index (χ2n) is 4.71. The summed E-state index contributed by atoms with van der Waals surface area (Å²) in [6.07, 6.45) is 2.79. The number of carbonyl (C=O) groups is 1. The highest BCUT2D eigenvalue weighted by molar-refractivity contribution is 5.66. The average Bonchev–Trinajstić information content (AvgIpc) is 2.47. The van der Waals surface area contributed by atoms with Gasteiger partial charge in [-0.2, -0.15) is 4.98 Å². The summed E-state index contributed by atoms with van der Waals surface area (Å²) in [6.45, 7) is 1.89. The molecule has 2 N–H and O–H groups in total. The normalized spacial score (nSPS) is 11.8. The third-order valence-corrected chi connectivity index (χ3v) is 3.00. The van der Waals surface area contributed by atoms with Crippen LogP contribution in [-0.4, -0.2) is 27.4 Å². The summed E-state index contributed by atoms with van der Waals surface area (Å²) >= 11 is 0. The van der Waals surface area contributed by atoms with Crippen LogP contribution in [0.4, 0.5) is 20.7 Å². The van der Waals surface area contributed by atoms with Crippen molar-refractivity contribution >= 4 is 18.3 Å². The van der Waals surface area contributed by atoms with Gasteiger partial charge in [0.05, 0.1) is 0 Å². The van der Waals surface area contributed by atoms with Crippen LogP contribution in [0.2, 0.25) is 0 Å². The van der Waals surface area contributed by atoms with Gasteiger partial charge in [0, 0.05) is 12.1 Å². The van der Waals surface area contributed by atoms with Crippen LogP contribution in [0, 0.1) is 11.6 Å². The van der Waals surface area contributed by atoms with E-state index in [1.807, 2.05) is 6.92 Å². The topological polar surface area (TPSA) is 79.8 Å². The standard InChI is InChI=1S/C14H15F2N5O/c1-9(2-3-10-4-5-11(15)6-12(10)16)20-14-18-7-17-13(21-14)19-8-22/h4-9H,2-3H2,1H3,(H2,17,18,19,20,21,22). The van der Waals surface area contributed by atoms with Gasteiger partial charge in [0.25, 0.3) is 0 Å². The molecule has 0 fully saturated rings. The second kappa shape index (κ2) is 7.39. The minimum absolute atomic E-state index is 0.0454. The monoisotopic (exact) mass is 307 g/mol. The first-order valence-electron chi connectivity index (χ1n) is 6.68. The Labute approximate surface area is 126 Å². The van der Waals surface area contributed by atoms with E-state index in [1.165, 1.54) is 18.5 Å². The van der Waals surface area contributed by atoms with Crippen molar-refractivity contribution < 1.29 is 13.6 Å². The summed E-state index contributed by atoms with van der Waals surface area (Å²) in [4.78, 5) is 22.0. The lowest BCUT2D eigenvalue weighted by atomic mass is 10.1. The van der Waals surface area contributed by atoms with E-state index in [0.717, 1.165) is 6.07 Å². The number of nitrogens with one attached hydrogen (secondary N) is 2. The molecule has 6 nitrogen and oxygen atoms in total. The molecule has 0 saturated heterocycles. The van der Waals surface area contributed by atoms with E-state index >= 15 is 0 Å². The van der Waals surface area contributed by atoms with Crippen molar-refractivity contribution in [2.24, 2.45) is 0 Å². The second-order valence-corrected chi connectivity index (χ2v) is 4.71. The van der Waals surface area contributed by atoms with Gasteiger partial charge < -0.3 is 5.32 Å². The van der Waals surface area contributed by atoms with Gasteiger partial charge in [-0.1, -0.05) is 6.07 Å². The van der Waals surface area contributed by atoms with E-state index in [0.29, 0.717) is 30.8 Å². The third kappa shape index (κ3) is 4.44. The van der Waals surface area contributed by atoms with E-state index in [1.54, 1.807) is 0 Å². The van der Waals surface area contributed by atoms with Gasteiger partial charge in [-0.05, 0) is 31.4 Å². The SMILES string of the molecule is CC(CCc1ccc(F)cc1F)Nc1ncnc(NC=O)n1. The lowest BCUT2D eigenvalue weighted by Gasteiger charge is -2.14. The largest absolute Gasteiger partial charge is 0.352 e. The fraction of sp³-hybridized carbons (Fsp3) is 0.286. The van der Waals surface area contributed by atoms with Gasteiger partial charge in [-0.25, -0.2) is 18.7 Å². The maximum Gasteiger partial charge on any atom is 0.233 e. The minimum atomic E-state index is -0.590. The molecule has 1 heterocycles. The first kappa shape index (κ1) is 15.7. The average molecular weight is 307 g/mol. The molecule has 0 aliphatic heterocycles. The molecule has 1 unspecified atom stereocenters. The first-order valence-corrected chi connectivity index (χ1v) is 6.68. The van der Waals surface area contributed by atoms with Crippen molar-refractivity contribution in [2.75, 3.05) is 10.6 Å². The maximum atomic E-state index is 13.5. The number of carbonyl (C=O) groups excluding carboxylic acids is 1. The van der Waals surface area contributed by atoms with Gasteiger partial charge in [-0.15, -0.1) is 0 Å². The molecule has 116 valence electrons. The highest BCUT2D eigenvalue weighted by atomic mass is 19.1. The Balaban J connectivity index is 1.91. The van der Waals surface area contributed by atoms with Crippen LogP contribution in [-0.2, 0) is 11.2 Å². The number of aryl methyl sites for hydroxylation is 1. The molecule has 0 aliphatic carbocycles. The van der Waals surface area contributed by atoms with Crippen LogP contribution in [0.3, 0.4) is 0 Å². The van der Waals surface area contributed by atoms with Crippen molar-refractivity contribution in [1.82, 2.24) is 15.0 Å². The van der Waals surface area contributed by atoms with Crippen LogP contribution in [0.1, 0.15) is 18.9 Å². The Hall–Kier alpha value is -2.64. The highest BCUT2D eigenvalue weighted by Gasteiger charge is 2.09. The lowest BCUT2D eigenvalue weighted by Crippen LogP contribution is -2.18. The van der Waals surface area contributed by atoms with Crippen LogP contribution < -0.4 is 10.6 Å². The Morgan fingerprint density at radius 3 is 2.77 bits per heavy atom. The smallest absolute Gasteiger partial charge is 0.233 e. The van der Waals surface area contributed by atoms with E-state index in [9.17, 15) is 13.6 Å². The summed E-state index contributed by atoms with van der Waals surface area (Å²) < 4.78 is 26.4. The molecule has 0 bridgehead atoms. The number of halogens is 2. The fourth-order valence-corrected chi connectivity index (χ4v) is 1.88. The Morgan fingerprint density at radius 2 is 2.05 bits per heavy atom. The molecule has 2 rings (SSSR count). The number of anilines is 2. The molecule has 0 radical (unpaired) electrons. The van der Waals surface area contributed by atoms with Crippen molar-refractivity contribution in [3.05, 3.63) is 41.7 Å². The fourth-order valence-electron chi connectivity index (χ4n) is 1.88. The zero-order chi connectivity index (χ0) is 15.9. The van der Waals surface area contributed by atoms with Gasteiger partial charge in [0.2, 0.25) is 18.3 Å². The summed E-state index contributed by atoms with van der Waals surface area (Å²) in [7, 11) is 0. The molecule has 1 atom stereocenters. The lowest BCUT2D eigenvalue weighted by molar-refractivity contribution is -0.105. The van der Waals surface area contributed by atoms with Crippen molar-refractivity contribution in [3.63, 3.8) is 0 Å². The van der Waals surface area contributed by atoms with Crippen LogP contribution in [0.15, 0.2) is 24.5 Å². The molecule has 22 heavy (non-hydrogen) atoms. The number of amides is 1. The molecule has 1 amide bonds. The van der Waals surface area contributed by atoms with Crippen LogP contribution in [0.25, 0.3) is 0 Å². The number of nitrogens with zero attached hydrogens (tertiary/aromatic N) is 3. The molecular weight excluding hydrogens is 292 g/mol. The van der Waals surface area contributed by atoms with Crippen molar-refractivity contribution in [2.45, 2.75) is 25.8 Å². The first-order chi connectivity index (χ1) is 10.6. The molecule has 8 heteroatoms. The Morgan fingerprint density at radius 1 is 1.27 bits per heavy atom. The number of rotatable bonds is 7. The third-order valence-electron chi connectivity index (χ3n) is 3.00. The highest BCUT2D eigenvalue weighted by Crippen LogP contribution is 2.13. The summed E-state index contributed by atoms with van der Waals surface area (Å²) in [5.74, 6) is -0.687. The van der Waals surface area contributed by atoms with Crippen LogP contribution >= 0.6 is 0 Å². The quantitative estimate of drug-likeness (QED) is 0.766. The molecule has 2 aromatic rings. The number of hydrogen-bond acceptors (Lipinski definition) is 5. The molecule has 0 saturated carbocycles. The number of benzene rings is 1. The van der Waals surface area contributed by atoms with E-state index < -0.39 is 11.6 Å². The van der Waals surface area contributed by atoms with E-state index in [2.05, 4.69) is 25.6 Å². The summed E-state index contributed by atoms with van der Waals surface area (Å²) in [5, 5.41) is 5.35. The zero-order valence-electron chi connectivity index (χ0n) is 11.9. The molecule has 1 aromatic carbocycles. The zero-order valence-corrected chi connectivity index (χ0v) is 11.9. The van der Waals surface area contributed by atoms with E-state index in [-0.39, 0.29) is 12.0 Å². The van der Waals surface area contributed by atoms with Gasteiger partial charge in [-0.3, -0.25) is 10.1 Å². The van der Waals surface area contributed by atoms with Gasteiger partial charge in [0.15, 0.2) is 0 Å². The van der Waals surface area contributed by atoms with Crippen LogP contribution in [0.5, 0.6) is 0 Å². The summed E-state index contributed by atoms with van der Waals surface area (Å²) in [5.41, 5.74) is 0.453. The maximum absolute atomic E-state index is 13.5. The predicted molar refractivity (Wildman–Crippen MR) is 77.3 cm³/mol. The molecule has 0 spiro atoms. The molecule has 0 aliphatic rings. The predicted octanol–water partition coefficient (Wildman–Crippen LogP) is 2.15. The van der Waals surface area contributed by atoms with Gasteiger partial charge >= 0.3 is 0 Å². The van der Waals surface area contributed by atoms with E-state index in [4.69, 9.17) is 0 Å². The molecular formula is C14H15F2N5O. The van der Waals surface area contributed by atoms with Gasteiger partial charge in [0.1, 0.15) is 18.0 Å². The Bertz CT molecular complexity index is 653.